The summed E-state index contributed by atoms with van der Waals surface area (Å²) >= 11 is 0. The van der Waals surface area contributed by atoms with Crippen LogP contribution in [0.2, 0.25) is 0 Å². The van der Waals surface area contributed by atoms with Gasteiger partial charge in [-0.3, -0.25) is 0 Å². The molecule has 0 saturated heterocycles. The predicted octanol–water partition coefficient (Wildman–Crippen LogP) is 12.3. The normalized spacial score (nSPS) is 12.4. The molecule has 0 N–H and O–H groups in total. The molecule has 10 aromatic rings. The van der Waals surface area contributed by atoms with Crippen LogP contribution in [0.4, 0.5) is 0 Å². The third-order valence-corrected chi connectivity index (χ3v) is 10.7. The number of rotatable bonds is 3. The number of nitrogens with zero attached hydrogens (tertiary/aromatic N) is 2. The van der Waals surface area contributed by atoms with E-state index in [1.165, 1.54) is 99.1 Å². The Kier molecular flexibility index (Phi) is 5.47. The maximum Gasteiger partial charge on any atom is 0.0547 e. The summed E-state index contributed by atoms with van der Waals surface area (Å²) in [5, 5.41) is 7.58. The highest BCUT2D eigenvalue weighted by atomic mass is 15.0. The molecule has 49 heavy (non-hydrogen) atoms. The molecule has 0 spiro atoms. The van der Waals surface area contributed by atoms with Crippen LogP contribution in [0.25, 0.3) is 88.0 Å². The lowest BCUT2D eigenvalue weighted by Crippen LogP contribution is -1.95. The van der Waals surface area contributed by atoms with Crippen molar-refractivity contribution in [1.82, 2.24) is 9.13 Å². The van der Waals surface area contributed by atoms with Crippen LogP contribution in [0.1, 0.15) is 11.1 Å². The summed E-state index contributed by atoms with van der Waals surface area (Å²) in [5.74, 6) is 0. The summed E-state index contributed by atoms with van der Waals surface area (Å²) in [6.45, 7) is 0. The molecule has 2 heterocycles. The molecule has 1 aliphatic rings. The summed E-state index contributed by atoms with van der Waals surface area (Å²) in [6, 6.07) is 62.8. The highest BCUT2D eigenvalue weighted by Crippen LogP contribution is 2.41. The molecule has 11 rings (SSSR count). The number of benzene rings is 8. The average Bonchev–Trinajstić information content (AvgIpc) is 3.81. The van der Waals surface area contributed by atoms with Gasteiger partial charge in [-0.15, -0.1) is 0 Å². The highest BCUT2D eigenvalue weighted by molar-refractivity contribution is 6.13. The van der Waals surface area contributed by atoms with Crippen molar-refractivity contribution in [3.8, 4) is 33.6 Å². The highest BCUT2D eigenvalue weighted by Gasteiger charge is 2.21. The Morgan fingerprint density at radius 2 is 0.980 bits per heavy atom. The third kappa shape index (κ3) is 3.83. The Balaban J connectivity index is 1.12. The van der Waals surface area contributed by atoms with Gasteiger partial charge < -0.3 is 9.13 Å². The zero-order valence-electron chi connectivity index (χ0n) is 26.8. The van der Waals surface area contributed by atoms with E-state index in [4.69, 9.17) is 0 Å². The van der Waals surface area contributed by atoms with Crippen LogP contribution < -0.4 is 0 Å². The van der Waals surface area contributed by atoms with Crippen LogP contribution in [0.5, 0.6) is 0 Å². The molecule has 0 unspecified atom stereocenters. The zero-order chi connectivity index (χ0) is 32.1. The summed E-state index contributed by atoms with van der Waals surface area (Å²) in [7, 11) is 0. The van der Waals surface area contributed by atoms with Crippen molar-refractivity contribution >= 4 is 54.4 Å². The monoisotopic (exact) mass is 622 g/mol. The first kappa shape index (κ1) is 26.7. The van der Waals surface area contributed by atoms with Gasteiger partial charge in [0, 0.05) is 32.6 Å². The molecule has 2 heteroatoms. The molecule has 0 saturated carbocycles. The fourth-order valence-electron chi connectivity index (χ4n) is 8.49. The Bertz CT molecular complexity index is 2970. The Morgan fingerprint density at radius 1 is 0.347 bits per heavy atom. The van der Waals surface area contributed by atoms with E-state index in [2.05, 4.69) is 179 Å². The number of fused-ring (bicyclic) bond motifs is 10. The fraction of sp³-hybridized carbons (Fsp3) is 0.0213. The molecule has 0 bridgehead atoms. The third-order valence-electron chi connectivity index (χ3n) is 10.7. The van der Waals surface area contributed by atoms with E-state index >= 15 is 0 Å². The quantitative estimate of drug-likeness (QED) is 0.186. The lowest BCUT2D eigenvalue weighted by Gasteiger charge is -2.12. The van der Waals surface area contributed by atoms with Crippen molar-refractivity contribution in [1.29, 1.82) is 0 Å². The molecule has 0 amide bonds. The number of hydrogen-bond acceptors (Lipinski definition) is 0. The van der Waals surface area contributed by atoms with Crippen LogP contribution in [0, 0.1) is 0 Å². The molecule has 0 radical (unpaired) electrons. The van der Waals surface area contributed by atoms with Crippen molar-refractivity contribution in [2.24, 2.45) is 0 Å². The van der Waals surface area contributed by atoms with Gasteiger partial charge in [-0.05, 0) is 93.7 Å². The van der Waals surface area contributed by atoms with Gasteiger partial charge >= 0.3 is 0 Å². The van der Waals surface area contributed by atoms with Crippen LogP contribution in [-0.2, 0) is 6.42 Å². The minimum Gasteiger partial charge on any atom is -0.309 e. The van der Waals surface area contributed by atoms with Gasteiger partial charge in [0.05, 0.1) is 27.8 Å². The standard InChI is InChI=1S/C47H30N2/c1-4-14-37-30(10-1)12-9-19-43(37)49-45-18-8-6-16-39(45)42-27-31(22-25-46(42)49)32-21-24-40-38-15-5-7-17-44(38)48(47(40)28-32)35-23-20-34-26-33-11-2-3-13-36(33)41(34)29-35/h1-25,27-29H,26H2. The van der Waals surface area contributed by atoms with Crippen molar-refractivity contribution in [3.05, 3.63) is 181 Å². The fourth-order valence-corrected chi connectivity index (χ4v) is 8.49. The molecule has 1 aliphatic carbocycles. The number of hydrogen-bond donors (Lipinski definition) is 0. The van der Waals surface area contributed by atoms with Crippen LogP contribution in [0.15, 0.2) is 170 Å². The topological polar surface area (TPSA) is 9.86 Å². The van der Waals surface area contributed by atoms with Crippen LogP contribution in [0.3, 0.4) is 0 Å². The van der Waals surface area contributed by atoms with Gasteiger partial charge in [0.25, 0.3) is 0 Å². The Morgan fingerprint density at radius 3 is 1.88 bits per heavy atom. The number of aromatic nitrogens is 2. The van der Waals surface area contributed by atoms with Gasteiger partial charge in [-0.2, -0.15) is 0 Å². The van der Waals surface area contributed by atoms with Gasteiger partial charge in [0.1, 0.15) is 0 Å². The van der Waals surface area contributed by atoms with Crippen molar-refractivity contribution in [2.75, 3.05) is 0 Å². The zero-order valence-corrected chi connectivity index (χ0v) is 26.8. The van der Waals surface area contributed by atoms with E-state index in [-0.39, 0.29) is 0 Å². The lowest BCUT2D eigenvalue weighted by atomic mass is 10.0. The van der Waals surface area contributed by atoms with E-state index in [1.54, 1.807) is 0 Å². The van der Waals surface area contributed by atoms with Gasteiger partial charge in [0.2, 0.25) is 0 Å². The van der Waals surface area contributed by atoms with Gasteiger partial charge in [-0.25, -0.2) is 0 Å². The minimum atomic E-state index is 1.00. The van der Waals surface area contributed by atoms with E-state index < -0.39 is 0 Å². The summed E-state index contributed by atoms with van der Waals surface area (Å²) in [6.07, 6.45) is 1.00. The van der Waals surface area contributed by atoms with Crippen LogP contribution in [-0.4, -0.2) is 9.13 Å². The first-order valence-electron chi connectivity index (χ1n) is 17.1. The Hall–Kier alpha value is -6.38. The molecular formula is C47H30N2. The summed E-state index contributed by atoms with van der Waals surface area (Å²) < 4.78 is 4.89. The van der Waals surface area contributed by atoms with Crippen molar-refractivity contribution in [3.63, 3.8) is 0 Å². The lowest BCUT2D eigenvalue weighted by molar-refractivity contribution is 1.17. The Labute approximate surface area is 283 Å². The second kappa shape index (κ2) is 10.1. The SMILES string of the molecule is c1ccc2c(c1)Cc1ccc(-n3c4ccccc4c4ccc(-c5ccc6c(c5)c5ccccc5n6-c5cccc6ccccc56)cc43)cc1-2. The molecule has 0 atom stereocenters. The number of para-hydroxylation sites is 2. The second-order valence-electron chi connectivity index (χ2n) is 13.3. The van der Waals surface area contributed by atoms with Gasteiger partial charge in [0.15, 0.2) is 0 Å². The van der Waals surface area contributed by atoms with E-state index in [0.29, 0.717) is 0 Å². The predicted molar refractivity (Wildman–Crippen MR) is 206 cm³/mol. The molecule has 8 aromatic carbocycles. The second-order valence-corrected chi connectivity index (χ2v) is 13.3. The van der Waals surface area contributed by atoms with Crippen molar-refractivity contribution in [2.45, 2.75) is 6.42 Å². The molecule has 0 aliphatic heterocycles. The van der Waals surface area contributed by atoms with E-state index in [0.717, 1.165) is 6.42 Å². The smallest absolute Gasteiger partial charge is 0.0547 e. The van der Waals surface area contributed by atoms with E-state index in [9.17, 15) is 0 Å². The first-order chi connectivity index (χ1) is 24.3. The van der Waals surface area contributed by atoms with Crippen molar-refractivity contribution < 1.29 is 0 Å². The van der Waals surface area contributed by atoms with E-state index in [1.807, 2.05) is 0 Å². The maximum atomic E-state index is 2.46. The van der Waals surface area contributed by atoms with Gasteiger partial charge in [-0.1, -0.05) is 121 Å². The minimum absolute atomic E-state index is 1.00. The molecule has 2 aromatic heterocycles. The molecule has 0 fully saturated rings. The molecule has 228 valence electrons. The largest absolute Gasteiger partial charge is 0.309 e. The van der Waals surface area contributed by atoms with Crippen LogP contribution >= 0.6 is 0 Å². The first-order valence-corrected chi connectivity index (χ1v) is 17.1. The summed E-state index contributed by atoms with van der Waals surface area (Å²) in [5.41, 5.74) is 15.3. The summed E-state index contributed by atoms with van der Waals surface area (Å²) in [4.78, 5) is 0. The molecule has 2 nitrogen and oxygen atoms in total. The average molecular weight is 623 g/mol. The maximum absolute atomic E-state index is 2.46. The molecular weight excluding hydrogens is 593 g/mol.